The molecule has 0 fully saturated rings. The van der Waals surface area contributed by atoms with E-state index >= 15 is 0 Å². The zero-order valence-electron chi connectivity index (χ0n) is 11.4. The monoisotopic (exact) mass is 257 g/mol. The minimum atomic E-state index is 0.762. The summed E-state index contributed by atoms with van der Waals surface area (Å²) in [5, 5.41) is 3.38. The Morgan fingerprint density at radius 3 is 2.84 bits per heavy atom. The van der Waals surface area contributed by atoms with Crippen LogP contribution in [-0.4, -0.2) is 23.6 Å². The molecule has 0 saturated carbocycles. The van der Waals surface area contributed by atoms with Gasteiger partial charge in [-0.2, -0.15) is 0 Å². The third-order valence-corrected chi connectivity index (χ3v) is 2.90. The second-order valence-electron chi connectivity index (χ2n) is 4.33. The number of aryl methyl sites for hydroxylation is 1. The van der Waals surface area contributed by atoms with Gasteiger partial charge in [0.2, 0.25) is 0 Å². The lowest BCUT2D eigenvalue weighted by Gasteiger charge is -2.08. The molecular weight excluding hydrogens is 238 g/mol. The van der Waals surface area contributed by atoms with Crippen molar-refractivity contribution in [3.63, 3.8) is 0 Å². The van der Waals surface area contributed by atoms with Gasteiger partial charge in [0.1, 0.15) is 11.6 Å². The molecule has 1 aromatic carbocycles. The molecule has 0 aliphatic carbocycles. The van der Waals surface area contributed by atoms with Crippen molar-refractivity contribution in [1.82, 2.24) is 15.3 Å². The van der Waals surface area contributed by atoms with Gasteiger partial charge in [0, 0.05) is 12.7 Å². The zero-order chi connectivity index (χ0) is 13.5. The average molecular weight is 257 g/mol. The topological polar surface area (TPSA) is 47.0 Å². The Labute approximate surface area is 113 Å². The number of ether oxygens (including phenoxy) is 1. The van der Waals surface area contributed by atoms with E-state index in [0.29, 0.717) is 0 Å². The van der Waals surface area contributed by atoms with Gasteiger partial charge in [-0.25, -0.2) is 9.97 Å². The maximum absolute atomic E-state index is 5.33. The van der Waals surface area contributed by atoms with Crippen LogP contribution in [0, 0.1) is 6.92 Å². The van der Waals surface area contributed by atoms with Crippen LogP contribution in [0.4, 0.5) is 0 Å². The van der Waals surface area contributed by atoms with Crippen molar-refractivity contribution < 1.29 is 4.74 Å². The molecule has 0 unspecified atom stereocenters. The molecule has 0 spiro atoms. The molecule has 1 heterocycles. The predicted molar refractivity (Wildman–Crippen MR) is 75.2 cm³/mol. The molecule has 2 rings (SSSR count). The van der Waals surface area contributed by atoms with Gasteiger partial charge in [0.15, 0.2) is 0 Å². The van der Waals surface area contributed by atoms with E-state index in [1.807, 2.05) is 31.2 Å². The zero-order valence-corrected chi connectivity index (χ0v) is 11.4. The number of hydrogen-bond acceptors (Lipinski definition) is 4. The highest BCUT2D eigenvalue weighted by Gasteiger charge is 2.01. The fourth-order valence-electron chi connectivity index (χ4n) is 1.95. The highest BCUT2D eigenvalue weighted by Crippen LogP contribution is 2.17. The lowest BCUT2D eigenvalue weighted by molar-refractivity contribution is 0.409. The number of benzene rings is 1. The molecular formula is C15H19N3O. The molecule has 1 N–H and O–H groups in total. The molecule has 0 atom stereocenters. The SMILES string of the molecule is COc1ccccc1CCNCc1ccnc(C)n1. The van der Waals surface area contributed by atoms with E-state index in [0.717, 1.165) is 36.8 Å². The molecule has 0 amide bonds. The van der Waals surface area contributed by atoms with Crippen LogP contribution in [0.1, 0.15) is 17.1 Å². The van der Waals surface area contributed by atoms with Gasteiger partial charge in [-0.15, -0.1) is 0 Å². The molecule has 19 heavy (non-hydrogen) atoms. The van der Waals surface area contributed by atoms with Gasteiger partial charge in [-0.1, -0.05) is 18.2 Å². The first-order valence-electron chi connectivity index (χ1n) is 6.40. The molecule has 4 nitrogen and oxygen atoms in total. The molecule has 0 saturated heterocycles. The highest BCUT2D eigenvalue weighted by molar-refractivity contribution is 5.33. The van der Waals surface area contributed by atoms with Gasteiger partial charge in [0.05, 0.1) is 12.8 Å². The summed E-state index contributed by atoms with van der Waals surface area (Å²) in [6.45, 7) is 3.56. The molecule has 0 aliphatic heterocycles. The Morgan fingerprint density at radius 1 is 1.21 bits per heavy atom. The largest absolute Gasteiger partial charge is 0.496 e. The van der Waals surface area contributed by atoms with Crippen molar-refractivity contribution in [3.05, 3.63) is 53.6 Å². The number of methoxy groups -OCH3 is 1. The summed E-state index contributed by atoms with van der Waals surface area (Å²) in [6.07, 6.45) is 2.73. The van der Waals surface area contributed by atoms with Crippen molar-refractivity contribution in [2.75, 3.05) is 13.7 Å². The Bertz CT molecular complexity index is 528. The lowest BCUT2D eigenvalue weighted by Crippen LogP contribution is -2.18. The quantitative estimate of drug-likeness (QED) is 0.805. The van der Waals surface area contributed by atoms with Gasteiger partial charge >= 0.3 is 0 Å². The summed E-state index contributed by atoms with van der Waals surface area (Å²) < 4.78 is 5.33. The number of aromatic nitrogens is 2. The maximum atomic E-state index is 5.33. The van der Waals surface area contributed by atoms with Crippen LogP contribution in [0.3, 0.4) is 0 Å². The first-order valence-corrected chi connectivity index (χ1v) is 6.40. The van der Waals surface area contributed by atoms with Gasteiger partial charge < -0.3 is 10.1 Å². The molecule has 4 heteroatoms. The molecule has 2 aromatic rings. The summed E-state index contributed by atoms with van der Waals surface area (Å²) in [4.78, 5) is 8.44. The van der Waals surface area contributed by atoms with Gasteiger partial charge in [-0.3, -0.25) is 0 Å². The van der Waals surface area contributed by atoms with Crippen LogP contribution in [0.25, 0.3) is 0 Å². The third-order valence-electron chi connectivity index (χ3n) is 2.90. The van der Waals surface area contributed by atoms with Crippen LogP contribution in [0.5, 0.6) is 5.75 Å². The van der Waals surface area contributed by atoms with Crippen LogP contribution in [0.15, 0.2) is 36.5 Å². The van der Waals surface area contributed by atoms with Crippen LogP contribution in [-0.2, 0) is 13.0 Å². The number of hydrogen-bond donors (Lipinski definition) is 1. The number of para-hydroxylation sites is 1. The standard InChI is InChI=1S/C15H19N3O/c1-12-17-10-8-14(18-12)11-16-9-7-13-5-3-4-6-15(13)19-2/h3-6,8,10,16H,7,9,11H2,1-2H3. The van der Waals surface area contributed by atoms with Crippen LogP contribution < -0.4 is 10.1 Å². The Kier molecular flexibility index (Phi) is 4.86. The maximum Gasteiger partial charge on any atom is 0.125 e. The smallest absolute Gasteiger partial charge is 0.125 e. The second kappa shape index (κ2) is 6.85. The second-order valence-corrected chi connectivity index (χ2v) is 4.33. The number of nitrogens with zero attached hydrogens (tertiary/aromatic N) is 2. The normalized spacial score (nSPS) is 10.4. The van der Waals surface area contributed by atoms with Crippen LogP contribution in [0.2, 0.25) is 0 Å². The first kappa shape index (κ1) is 13.5. The fraction of sp³-hybridized carbons (Fsp3) is 0.333. The van der Waals surface area contributed by atoms with E-state index in [2.05, 4.69) is 21.4 Å². The number of rotatable bonds is 6. The van der Waals surface area contributed by atoms with E-state index < -0.39 is 0 Å². The Hall–Kier alpha value is -1.94. The predicted octanol–water partition coefficient (Wildman–Crippen LogP) is 2.13. The van der Waals surface area contributed by atoms with Crippen molar-refractivity contribution in [1.29, 1.82) is 0 Å². The summed E-state index contributed by atoms with van der Waals surface area (Å²) >= 11 is 0. The molecule has 0 bridgehead atoms. The molecule has 0 aliphatic rings. The van der Waals surface area contributed by atoms with Crippen molar-refractivity contribution in [2.24, 2.45) is 0 Å². The fourth-order valence-corrected chi connectivity index (χ4v) is 1.95. The van der Waals surface area contributed by atoms with E-state index in [1.165, 1.54) is 5.56 Å². The third kappa shape index (κ3) is 4.03. The average Bonchev–Trinajstić information content (AvgIpc) is 2.44. The number of nitrogens with one attached hydrogen (secondary N) is 1. The Morgan fingerprint density at radius 2 is 2.05 bits per heavy atom. The van der Waals surface area contributed by atoms with E-state index in [4.69, 9.17) is 4.74 Å². The van der Waals surface area contributed by atoms with E-state index in [-0.39, 0.29) is 0 Å². The molecule has 0 radical (unpaired) electrons. The lowest BCUT2D eigenvalue weighted by atomic mass is 10.1. The summed E-state index contributed by atoms with van der Waals surface area (Å²) in [5.41, 5.74) is 2.24. The first-order chi connectivity index (χ1) is 9.29. The minimum absolute atomic E-state index is 0.762. The Balaban J connectivity index is 1.81. The summed E-state index contributed by atoms with van der Waals surface area (Å²) in [5.74, 6) is 1.76. The summed E-state index contributed by atoms with van der Waals surface area (Å²) in [7, 11) is 1.70. The minimum Gasteiger partial charge on any atom is -0.496 e. The van der Waals surface area contributed by atoms with Crippen molar-refractivity contribution in [2.45, 2.75) is 19.9 Å². The molecule has 100 valence electrons. The van der Waals surface area contributed by atoms with Crippen molar-refractivity contribution in [3.8, 4) is 5.75 Å². The van der Waals surface area contributed by atoms with E-state index in [9.17, 15) is 0 Å². The van der Waals surface area contributed by atoms with Gasteiger partial charge in [-0.05, 0) is 37.6 Å². The van der Waals surface area contributed by atoms with E-state index in [1.54, 1.807) is 13.3 Å². The highest BCUT2D eigenvalue weighted by atomic mass is 16.5. The van der Waals surface area contributed by atoms with Gasteiger partial charge in [0.25, 0.3) is 0 Å². The van der Waals surface area contributed by atoms with Crippen LogP contribution >= 0.6 is 0 Å². The van der Waals surface area contributed by atoms with Crippen molar-refractivity contribution >= 4 is 0 Å². The summed E-state index contributed by atoms with van der Waals surface area (Å²) in [6, 6.07) is 10.0. The molecule has 1 aromatic heterocycles.